The summed E-state index contributed by atoms with van der Waals surface area (Å²) in [7, 11) is 0. The Labute approximate surface area is 188 Å². The van der Waals surface area contributed by atoms with E-state index in [0.717, 1.165) is 17.1 Å². The van der Waals surface area contributed by atoms with Crippen LogP contribution >= 0.6 is 0 Å². The minimum Gasteiger partial charge on any atom is -0.465 e. The van der Waals surface area contributed by atoms with Crippen LogP contribution in [0.3, 0.4) is 0 Å². The maximum Gasteiger partial charge on any atom is 0.269 e. The van der Waals surface area contributed by atoms with Gasteiger partial charge in [0.05, 0.1) is 17.6 Å². The fraction of sp³-hybridized carbons (Fsp3) is 0.320. The minimum absolute atomic E-state index is 0.0747. The van der Waals surface area contributed by atoms with Gasteiger partial charge in [0.2, 0.25) is 0 Å². The standard InChI is InChI=1S/C25H30N4O3/c1-24(2,3)20-16-21(25(4,5)6)29(28-20)18-11-9-17(10-12-18)23(31)27-26-22(30)14-13-19-8-7-15-32-19/h7-16H,1-6H3,(H,26,30)(H,27,31)/b14-13+. The molecule has 0 saturated heterocycles. The van der Waals surface area contributed by atoms with Gasteiger partial charge in [-0.15, -0.1) is 0 Å². The second-order valence-corrected chi connectivity index (χ2v) is 9.67. The van der Waals surface area contributed by atoms with E-state index in [0.29, 0.717) is 11.3 Å². The van der Waals surface area contributed by atoms with E-state index in [1.165, 1.54) is 18.4 Å². The maximum atomic E-state index is 12.4. The molecule has 168 valence electrons. The summed E-state index contributed by atoms with van der Waals surface area (Å²) in [6, 6.07) is 12.7. The van der Waals surface area contributed by atoms with Crippen LogP contribution in [0.1, 0.15) is 69.0 Å². The Morgan fingerprint density at radius 2 is 1.66 bits per heavy atom. The van der Waals surface area contributed by atoms with Gasteiger partial charge in [-0.05, 0) is 48.5 Å². The number of carbonyl (C=O) groups is 2. The first-order valence-corrected chi connectivity index (χ1v) is 10.5. The van der Waals surface area contributed by atoms with Crippen LogP contribution in [-0.4, -0.2) is 21.6 Å². The molecule has 0 aliphatic heterocycles. The van der Waals surface area contributed by atoms with Crippen molar-refractivity contribution in [2.75, 3.05) is 0 Å². The fourth-order valence-electron chi connectivity index (χ4n) is 3.01. The maximum absolute atomic E-state index is 12.4. The molecule has 1 aromatic carbocycles. The number of carbonyl (C=O) groups excluding carboxylic acids is 2. The molecule has 0 atom stereocenters. The van der Waals surface area contributed by atoms with Crippen molar-refractivity contribution in [1.29, 1.82) is 0 Å². The van der Waals surface area contributed by atoms with E-state index in [4.69, 9.17) is 9.52 Å². The average molecular weight is 435 g/mol. The van der Waals surface area contributed by atoms with Gasteiger partial charge < -0.3 is 4.42 Å². The van der Waals surface area contributed by atoms with E-state index < -0.39 is 11.8 Å². The number of hydrogen-bond acceptors (Lipinski definition) is 4. The molecule has 0 fully saturated rings. The average Bonchev–Trinajstić information content (AvgIpc) is 3.40. The summed E-state index contributed by atoms with van der Waals surface area (Å²) in [6.07, 6.45) is 4.31. The summed E-state index contributed by atoms with van der Waals surface area (Å²) < 4.78 is 7.05. The van der Waals surface area contributed by atoms with Gasteiger partial charge in [0.15, 0.2) is 0 Å². The molecule has 0 saturated carbocycles. The predicted molar refractivity (Wildman–Crippen MR) is 124 cm³/mol. The zero-order valence-electron chi connectivity index (χ0n) is 19.4. The van der Waals surface area contributed by atoms with E-state index in [-0.39, 0.29) is 10.8 Å². The van der Waals surface area contributed by atoms with E-state index in [1.54, 1.807) is 24.3 Å². The van der Waals surface area contributed by atoms with Crippen LogP contribution in [0.15, 0.2) is 59.2 Å². The van der Waals surface area contributed by atoms with Gasteiger partial charge in [0, 0.05) is 28.2 Å². The number of aromatic nitrogens is 2. The third kappa shape index (κ3) is 5.55. The van der Waals surface area contributed by atoms with Crippen LogP contribution in [0.2, 0.25) is 0 Å². The predicted octanol–water partition coefficient (Wildman–Crippen LogP) is 4.53. The van der Waals surface area contributed by atoms with Crippen LogP contribution in [0, 0.1) is 0 Å². The van der Waals surface area contributed by atoms with Crippen LogP contribution in [0.25, 0.3) is 11.8 Å². The number of nitrogens with one attached hydrogen (secondary N) is 2. The summed E-state index contributed by atoms with van der Waals surface area (Å²) >= 11 is 0. The van der Waals surface area contributed by atoms with Crippen molar-refractivity contribution < 1.29 is 14.0 Å². The Morgan fingerprint density at radius 3 is 2.22 bits per heavy atom. The van der Waals surface area contributed by atoms with Crippen molar-refractivity contribution in [1.82, 2.24) is 20.6 Å². The number of hydrogen-bond donors (Lipinski definition) is 2. The Kier molecular flexibility index (Phi) is 6.39. The molecular weight excluding hydrogens is 404 g/mol. The Bertz CT molecular complexity index is 1110. The molecule has 0 radical (unpaired) electrons. The second kappa shape index (κ2) is 8.86. The van der Waals surface area contributed by atoms with E-state index in [2.05, 4.69) is 58.5 Å². The summed E-state index contributed by atoms with van der Waals surface area (Å²) in [5.41, 5.74) is 7.98. The molecule has 3 rings (SSSR count). The van der Waals surface area contributed by atoms with Crippen molar-refractivity contribution in [2.45, 2.75) is 52.4 Å². The molecule has 7 heteroatoms. The van der Waals surface area contributed by atoms with Gasteiger partial charge in [-0.3, -0.25) is 20.4 Å². The van der Waals surface area contributed by atoms with Gasteiger partial charge in [-0.1, -0.05) is 41.5 Å². The Hall–Kier alpha value is -3.61. The molecule has 0 aliphatic rings. The van der Waals surface area contributed by atoms with Gasteiger partial charge >= 0.3 is 0 Å². The smallest absolute Gasteiger partial charge is 0.269 e. The first kappa shape index (κ1) is 23.1. The number of nitrogens with zero attached hydrogens (tertiary/aromatic N) is 2. The lowest BCUT2D eigenvalue weighted by Gasteiger charge is -2.20. The first-order valence-electron chi connectivity index (χ1n) is 10.5. The van der Waals surface area contributed by atoms with Crippen molar-refractivity contribution in [3.63, 3.8) is 0 Å². The SMILES string of the molecule is CC(C)(C)c1cc(C(C)(C)C)n(-c2ccc(C(=O)NNC(=O)/C=C/c3ccco3)cc2)n1. The van der Waals surface area contributed by atoms with E-state index in [1.807, 2.05) is 16.8 Å². The Balaban J connectivity index is 1.71. The Morgan fingerprint density at radius 1 is 0.969 bits per heavy atom. The third-order valence-electron chi connectivity index (χ3n) is 4.86. The quantitative estimate of drug-likeness (QED) is 0.466. The highest BCUT2D eigenvalue weighted by atomic mass is 16.3. The van der Waals surface area contributed by atoms with Gasteiger partial charge in [-0.25, -0.2) is 4.68 Å². The zero-order chi connectivity index (χ0) is 23.5. The summed E-state index contributed by atoms with van der Waals surface area (Å²) in [4.78, 5) is 24.3. The van der Waals surface area contributed by atoms with Gasteiger partial charge in [-0.2, -0.15) is 5.10 Å². The molecule has 0 bridgehead atoms. The monoisotopic (exact) mass is 434 g/mol. The molecule has 2 N–H and O–H groups in total. The van der Waals surface area contributed by atoms with Crippen molar-refractivity contribution >= 4 is 17.9 Å². The number of benzene rings is 1. The van der Waals surface area contributed by atoms with Crippen LogP contribution in [-0.2, 0) is 15.6 Å². The van der Waals surface area contributed by atoms with Crippen molar-refractivity contribution in [3.05, 3.63) is 77.5 Å². The van der Waals surface area contributed by atoms with Crippen LogP contribution in [0.4, 0.5) is 0 Å². The summed E-state index contributed by atoms with van der Waals surface area (Å²) in [5.74, 6) is -0.333. The van der Waals surface area contributed by atoms with Gasteiger partial charge in [0.25, 0.3) is 11.8 Å². The summed E-state index contributed by atoms with van der Waals surface area (Å²) in [5, 5.41) is 4.84. The molecular formula is C25H30N4O3. The fourth-order valence-corrected chi connectivity index (χ4v) is 3.01. The topological polar surface area (TPSA) is 89.2 Å². The zero-order valence-corrected chi connectivity index (χ0v) is 19.4. The molecule has 7 nitrogen and oxygen atoms in total. The molecule has 0 aliphatic carbocycles. The van der Waals surface area contributed by atoms with Crippen LogP contribution in [0.5, 0.6) is 0 Å². The second-order valence-electron chi connectivity index (χ2n) is 9.67. The molecule has 0 spiro atoms. The minimum atomic E-state index is -0.465. The molecule has 0 unspecified atom stereocenters. The third-order valence-corrected chi connectivity index (χ3v) is 4.86. The molecule has 2 heterocycles. The number of furan rings is 1. The van der Waals surface area contributed by atoms with E-state index in [9.17, 15) is 9.59 Å². The van der Waals surface area contributed by atoms with Crippen LogP contribution < -0.4 is 10.9 Å². The van der Waals surface area contributed by atoms with Gasteiger partial charge in [0.1, 0.15) is 5.76 Å². The van der Waals surface area contributed by atoms with Crippen molar-refractivity contribution in [2.24, 2.45) is 0 Å². The first-order chi connectivity index (χ1) is 14.9. The number of amides is 2. The highest BCUT2D eigenvalue weighted by Crippen LogP contribution is 2.30. The summed E-state index contributed by atoms with van der Waals surface area (Å²) in [6.45, 7) is 12.9. The molecule has 32 heavy (non-hydrogen) atoms. The lowest BCUT2D eigenvalue weighted by molar-refractivity contribution is -0.117. The van der Waals surface area contributed by atoms with Crippen molar-refractivity contribution in [3.8, 4) is 5.69 Å². The van der Waals surface area contributed by atoms with E-state index >= 15 is 0 Å². The lowest BCUT2D eigenvalue weighted by Crippen LogP contribution is -2.40. The molecule has 3 aromatic rings. The largest absolute Gasteiger partial charge is 0.465 e. The molecule has 2 amide bonds. The highest BCUT2D eigenvalue weighted by molar-refractivity contribution is 5.97. The molecule has 2 aromatic heterocycles. The lowest BCUT2D eigenvalue weighted by atomic mass is 9.88. The number of hydrazine groups is 1. The highest BCUT2D eigenvalue weighted by Gasteiger charge is 2.26. The normalized spacial score (nSPS) is 12.2. The number of rotatable bonds is 4.